The summed E-state index contributed by atoms with van der Waals surface area (Å²) in [5, 5.41) is 8.98. The molecule has 0 aliphatic heterocycles. The number of ether oxygens (including phenoxy) is 1. The highest BCUT2D eigenvalue weighted by Gasteiger charge is 2.01. The maximum atomic E-state index is 8.98. The van der Waals surface area contributed by atoms with E-state index < -0.39 is 0 Å². The molecule has 2 aromatic carbocycles. The molecule has 0 aliphatic rings. The Morgan fingerprint density at radius 2 is 1.70 bits per heavy atom. The molecule has 3 nitrogen and oxygen atoms in total. The Balaban J connectivity index is 1.88. The van der Waals surface area contributed by atoms with Gasteiger partial charge in [-0.2, -0.15) is 0 Å². The van der Waals surface area contributed by atoms with Crippen molar-refractivity contribution < 1.29 is 9.84 Å². The molecule has 0 fully saturated rings. The first kappa shape index (κ1) is 17.3. The summed E-state index contributed by atoms with van der Waals surface area (Å²) < 4.78 is 5.82. The number of benzene rings is 2. The molecular formula is C20H25NO2. The number of nitrogens with zero attached hydrogens (tertiary/aromatic N) is 1. The summed E-state index contributed by atoms with van der Waals surface area (Å²) in [6, 6.07) is 18.3. The van der Waals surface area contributed by atoms with Crippen molar-refractivity contribution in [1.82, 2.24) is 4.90 Å². The third-order valence-corrected chi connectivity index (χ3v) is 3.67. The molecule has 0 amide bonds. The second-order valence-electron chi connectivity index (χ2n) is 5.32. The second kappa shape index (κ2) is 9.82. The predicted molar refractivity (Wildman–Crippen MR) is 96.5 cm³/mol. The Labute approximate surface area is 138 Å². The Hall–Kier alpha value is -2.10. The lowest BCUT2D eigenvalue weighted by atomic mass is 10.1. The monoisotopic (exact) mass is 311 g/mol. The van der Waals surface area contributed by atoms with E-state index >= 15 is 0 Å². The molecule has 0 atom stereocenters. The van der Waals surface area contributed by atoms with E-state index in [0.717, 1.165) is 24.4 Å². The van der Waals surface area contributed by atoms with E-state index in [0.29, 0.717) is 13.2 Å². The molecule has 0 radical (unpaired) electrons. The average Bonchev–Trinajstić information content (AvgIpc) is 2.60. The highest BCUT2D eigenvalue weighted by molar-refractivity contribution is 5.70. The number of hydrogen-bond donors (Lipinski definition) is 1. The molecule has 0 aliphatic carbocycles. The van der Waals surface area contributed by atoms with Gasteiger partial charge < -0.3 is 9.84 Å². The van der Waals surface area contributed by atoms with Crippen molar-refractivity contribution in [3.8, 4) is 5.75 Å². The van der Waals surface area contributed by atoms with Gasteiger partial charge in [-0.1, -0.05) is 61.5 Å². The van der Waals surface area contributed by atoms with Gasteiger partial charge in [0, 0.05) is 13.1 Å². The van der Waals surface area contributed by atoms with Gasteiger partial charge in [0.05, 0.1) is 6.61 Å². The zero-order chi connectivity index (χ0) is 16.3. The Kier molecular flexibility index (Phi) is 7.37. The maximum Gasteiger partial charge on any atom is 0.119 e. The van der Waals surface area contributed by atoms with Gasteiger partial charge in [-0.25, -0.2) is 0 Å². The highest BCUT2D eigenvalue weighted by Crippen LogP contribution is 2.16. The number of rotatable bonds is 9. The molecule has 1 N–H and O–H groups in total. The summed E-state index contributed by atoms with van der Waals surface area (Å²) in [4.78, 5) is 2.17. The summed E-state index contributed by atoms with van der Waals surface area (Å²) >= 11 is 0. The van der Waals surface area contributed by atoms with Crippen LogP contribution in [-0.2, 0) is 0 Å². The van der Waals surface area contributed by atoms with Gasteiger partial charge in [0.25, 0.3) is 0 Å². The molecule has 0 saturated carbocycles. The van der Waals surface area contributed by atoms with Gasteiger partial charge in [0.2, 0.25) is 0 Å². The van der Waals surface area contributed by atoms with Crippen LogP contribution in [0.5, 0.6) is 5.75 Å². The molecule has 2 aromatic rings. The normalized spacial score (nSPS) is 11.3. The van der Waals surface area contributed by atoms with E-state index in [1.165, 1.54) is 5.56 Å². The lowest BCUT2D eigenvalue weighted by Crippen LogP contribution is -2.30. The van der Waals surface area contributed by atoms with Gasteiger partial charge in [0.1, 0.15) is 12.4 Å². The summed E-state index contributed by atoms with van der Waals surface area (Å²) in [5.74, 6) is 0.875. The third kappa shape index (κ3) is 6.27. The van der Waals surface area contributed by atoms with Crippen LogP contribution in [0.15, 0.2) is 54.6 Å². The van der Waals surface area contributed by atoms with Gasteiger partial charge in [0.15, 0.2) is 0 Å². The molecule has 23 heavy (non-hydrogen) atoms. The minimum atomic E-state index is 0.188. The summed E-state index contributed by atoms with van der Waals surface area (Å²) in [6.07, 6.45) is 4.19. The van der Waals surface area contributed by atoms with E-state index in [9.17, 15) is 0 Å². The zero-order valence-electron chi connectivity index (χ0n) is 13.7. The third-order valence-electron chi connectivity index (χ3n) is 3.67. The first-order chi connectivity index (χ1) is 11.3. The summed E-state index contributed by atoms with van der Waals surface area (Å²) in [7, 11) is 0. The maximum absolute atomic E-state index is 8.98. The van der Waals surface area contributed by atoms with Crippen molar-refractivity contribution in [3.05, 3.63) is 65.7 Å². The largest absolute Gasteiger partial charge is 0.492 e. The molecule has 0 spiro atoms. The number of hydrogen-bond acceptors (Lipinski definition) is 3. The first-order valence-electron chi connectivity index (χ1n) is 8.11. The topological polar surface area (TPSA) is 32.7 Å². The van der Waals surface area contributed by atoms with Crippen molar-refractivity contribution in [2.75, 3.05) is 32.8 Å². The fraction of sp³-hybridized carbons (Fsp3) is 0.300. The number of aliphatic hydroxyl groups is 1. The Morgan fingerprint density at radius 1 is 0.957 bits per heavy atom. The van der Waals surface area contributed by atoms with E-state index in [-0.39, 0.29) is 6.61 Å². The predicted octanol–water partition coefficient (Wildman–Crippen LogP) is 3.55. The van der Waals surface area contributed by atoms with Crippen LogP contribution in [0.1, 0.15) is 18.1 Å². The molecule has 0 aromatic heterocycles. The van der Waals surface area contributed by atoms with Crippen LogP contribution in [-0.4, -0.2) is 42.9 Å². The lowest BCUT2D eigenvalue weighted by molar-refractivity contribution is 0.174. The Morgan fingerprint density at radius 3 is 2.43 bits per heavy atom. The molecule has 122 valence electrons. The fourth-order valence-electron chi connectivity index (χ4n) is 2.33. The summed E-state index contributed by atoms with van der Waals surface area (Å²) in [6.45, 7) is 5.34. The molecule has 0 saturated heterocycles. The highest BCUT2D eigenvalue weighted by atomic mass is 16.5. The van der Waals surface area contributed by atoms with Gasteiger partial charge in [-0.05, 0) is 29.8 Å². The van der Waals surface area contributed by atoms with Crippen LogP contribution in [0.25, 0.3) is 12.2 Å². The molecule has 0 heterocycles. The Bertz CT molecular complexity index is 596. The van der Waals surface area contributed by atoms with E-state index in [1.807, 2.05) is 36.4 Å². The van der Waals surface area contributed by atoms with Crippen molar-refractivity contribution >= 4 is 12.2 Å². The smallest absolute Gasteiger partial charge is 0.119 e. The first-order valence-corrected chi connectivity index (χ1v) is 8.11. The van der Waals surface area contributed by atoms with E-state index in [2.05, 4.69) is 42.2 Å². The minimum absolute atomic E-state index is 0.188. The molecule has 2 rings (SSSR count). The number of aliphatic hydroxyl groups excluding tert-OH is 1. The van der Waals surface area contributed by atoms with Crippen LogP contribution >= 0.6 is 0 Å². The van der Waals surface area contributed by atoms with Crippen LogP contribution in [0.2, 0.25) is 0 Å². The minimum Gasteiger partial charge on any atom is -0.492 e. The fourth-order valence-corrected chi connectivity index (χ4v) is 2.33. The average molecular weight is 311 g/mol. The van der Waals surface area contributed by atoms with Crippen LogP contribution in [0.3, 0.4) is 0 Å². The van der Waals surface area contributed by atoms with Crippen molar-refractivity contribution in [2.45, 2.75) is 6.92 Å². The van der Waals surface area contributed by atoms with Gasteiger partial charge >= 0.3 is 0 Å². The standard InChI is InChI=1S/C20H25NO2/c1-2-21(13-15-22)14-16-23-20-10-6-9-19(17-20)12-11-18-7-4-3-5-8-18/h3-12,17,22H,2,13-16H2,1H3. The van der Waals surface area contributed by atoms with Crippen molar-refractivity contribution in [1.29, 1.82) is 0 Å². The molecule has 3 heteroatoms. The van der Waals surface area contributed by atoms with Crippen molar-refractivity contribution in [3.63, 3.8) is 0 Å². The van der Waals surface area contributed by atoms with E-state index in [4.69, 9.17) is 9.84 Å². The van der Waals surface area contributed by atoms with Gasteiger partial charge in [-0.15, -0.1) is 0 Å². The van der Waals surface area contributed by atoms with Gasteiger partial charge in [-0.3, -0.25) is 4.90 Å². The quantitative estimate of drug-likeness (QED) is 0.719. The van der Waals surface area contributed by atoms with Crippen LogP contribution in [0, 0.1) is 0 Å². The van der Waals surface area contributed by atoms with Crippen LogP contribution < -0.4 is 4.74 Å². The van der Waals surface area contributed by atoms with E-state index in [1.54, 1.807) is 0 Å². The molecular weight excluding hydrogens is 286 g/mol. The molecule has 0 bridgehead atoms. The lowest BCUT2D eigenvalue weighted by Gasteiger charge is -2.19. The second-order valence-corrected chi connectivity index (χ2v) is 5.32. The molecule has 0 unspecified atom stereocenters. The van der Waals surface area contributed by atoms with Crippen molar-refractivity contribution in [2.24, 2.45) is 0 Å². The zero-order valence-corrected chi connectivity index (χ0v) is 13.7. The summed E-state index contributed by atoms with van der Waals surface area (Å²) in [5.41, 5.74) is 2.30. The number of likely N-dealkylation sites (N-methyl/N-ethyl adjacent to an activating group) is 1. The van der Waals surface area contributed by atoms with Crippen LogP contribution in [0.4, 0.5) is 0 Å². The SMILES string of the molecule is CCN(CCO)CCOc1cccc(C=Cc2ccccc2)c1.